The standard InChI is InChI=1S/C52H52O2S2/c1-7-51(8-2)45-17-13-11-15-41(45)43-21-19-33(27-47(43)51)35-23-37-29-55-31-39-25-36(26-40(50(39)54-6)32-56-30-38(24-35)49(37)53-5)34-20-22-44-42-16-12-14-18-46(42)52(9-3,10-4)48(44)28-34/h11-28H,7-10,29-32H2,1-6H3. The molecule has 56 heavy (non-hydrogen) atoms. The number of methoxy groups -OCH3 is 2. The summed E-state index contributed by atoms with van der Waals surface area (Å²) in [5.74, 6) is 5.49. The second-order valence-corrected chi connectivity index (χ2v) is 17.8. The van der Waals surface area contributed by atoms with Crippen LogP contribution in [0.1, 0.15) is 97.9 Å². The first-order valence-corrected chi connectivity index (χ1v) is 22.8. The average molecular weight is 773 g/mol. The SMILES string of the molecule is CCC1(CC)c2ccccc2-c2ccc(-c3cc4c(OC)c(c3)CSCc3cc(-c5ccc6c(c5)C(CC)(CC)c5ccccc5-6)cc(c3OC)CSC4)cc21. The summed E-state index contributed by atoms with van der Waals surface area (Å²) in [7, 11) is 3.68. The Morgan fingerprint density at radius 3 is 1.09 bits per heavy atom. The smallest absolute Gasteiger partial charge is 0.126 e. The van der Waals surface area contributed by atoms with Crippen molar-refractivity contribution in [1.82, 2.24) is 0 Å². The lowest BCUT2D eigenvalue weighted by Gasteiger charge is -2.30. The zero-order valence-corrected chi connectivity index (χ0v) is 35.3. The second-order valence-electron chi connectivity index (χ2n) is 15.8. The molecule has 1 aliphatic heterocycles. The minimum absolute atomic E-state index is 0.0490. The largest absolute Gasteiger partial charge is 0.496 e. The zero-order chi connectivity index (χ0) is 38.6. The van der Waals surface area contributed by atoms with Crippen LogP contribution in [0.15, 0.2) is 109 Å². The Hall–Kier alpha value is -4.38. The Bertz CT molecular complexity index is 2250. The Labute approximate surface area is 342 Å². The first kappa shape index (κ1) is 37.2. The lowest BCUT2D eigenvalue weighted by Crippen LogP contribution is -2.23. The molecule has 4 heteroatoms. The summed E-state index contributed by atoms with van der Waals surface area (Å²) in [6.45, 7) is 9.41. The Morgan fingerprint density at radius 1 is 0.411 bits per heavy atom. The van der Waals surface area contributed by atoms with Gasteiger partial charge in [-0.3, -0.25) is 0 Å². The molecule has 0 atom stereocenters. The van der Waals surface area contributed by atoms with E-state index in [2.05, 4.69) is 137 Å². The maximum Gasteiger partial charge on any atom is 0.126 e. The van der Waals surface area contributed by atoms with Crippen LogP contribution in [-0.4, -0.2) is 14.2 Å². The summed E-state index contributed by atoms with van der Waals surface area (Å²) in [4.78, 5) is 0. The number of thioether (sulfide) groups is 2. The molecule has 0 aromatic heterocycles. The van der Waals surface area contributed by atoms with Crippen molar-refractivity contribution < 1.29 is 9.47 Å². The molecule has 2 aliphatic carbocycles. The third kappa shape index (κ3) is 5.69. The highest BCUT2D eigenvalue weighted by molar-refractivity contribution is 7.98. The molecule has 1 heterocycles. The Morgan fingerprint density at radius 2 is 0.750 bits per heavy atom. The first-order chi connectivity index (χ1) is 27.4. The highest BCUT2D eigenvalue weighted by Gasteiger charge is 2.41. The molecule has 4 bridgehead atoms. The number of benzene rings is 6. The van der Waals surface area contributed by atoms with Crippen LogP contribution < -0.4 is 9.47 Å². The van der Waals surface area contributed by atoms with E-state index in [1.54, 1.807) is 0 Å². The lowest BCUT2D eigenvalue weighted by molar-refractivity contribution is 0.407. The highest BCUT2D eigenvalue weighted by Crippen LogP contribution is 2.55. The van der Waals surface area contributed by atoms with E-state index in [9.17, 15) is 0 Å². The van der Waals surface area contributed by atoms with Gasteiger partial charge in [0, 0.05) is 56.1 Å². The highest BCUT2D eigenvalue weighted by atomic mass is 32.2. The first-order valence-electron chi connectivity index (χ1n) is 20.5. The number of hydrogen-bond donors (Lipinski definition) is 0. The molecule has 0 radical (unpaired) electrons. The van der Waals surface area contributed by atoms with Crippen LogP contribution in [0.25, 0.3) is 44.5 Å². The van der Waals surface area contributed by atoms with Gasteiger partial charge in [0.2, 0.25) is 0 Å². The summed E-state index contributed by atoms with van der Waals surface area (Å²) >= 11 is 3.90. The van der Waals surface area contributed by atoms with Gasteiger partial charge in [-0.05, 0) is 129 Å². The maximum absolute atomic E-state index is 6.21. The van der Waals surface area contributed by atoms with Gasteiger partial charge in [-0.25, -0.2) is 0 Å². The van der Waals surface area contributed by atoms with E-state index in [1.165, 1.54) is 89.0 Å². The number of fused-ring (bicyclic) bond motifs is 10. The third-order valence-electron chi connectivity index (χ3n) is 13.5. The van der Waals surface area contributed by atoms with Crippen molar-refractivity contribution in [3.63, 3.8) is 0 Å². The van der Waals surface area contributed by atoms with Gasteiger partial charge in [0.05, 0.1) is 14.2 Å². The molecule has 2 nitrogen and oxygen atoms in total. The summed E-state index contributed by atoms with van der Waals surface area (Å²) in [6.07, 6.45) is 4.36. The van der Waals surface area contributed by atoms with Crippen LogP contribution in [0.4, 0.5) is 0 Å². The van der Waals surface area contributed by atoms with E-state index in [4.69, 9.17) is 9.47 Å². The molecule has 0 unspecified atom stereocenters. The van der Waals surface area contributed by atoms with E-state index < -0.39 is 0 Å². The van der Waals surface area contributed by atoms with Crippen molar-refractivity contribution in [2.75, 3.05) is 14.2 Å². The normalized spacial score (nSPS) is 15.8. The van der Waals surface area contributed by atoms with E-state index >= 15 is 0 Å². The van der Waals surface area contributed by atoms with E-state index in [0.29, 0.717) is 0 Å². The molecular formula is C52H52O2S2. The zero-order valence-electron chi connectivity index (χ0n) is 33.7. The maximum atomic E-state index is 6.21. The van der Waals surface area contributed by atoms with Crippen molar-refractivity contribution in [2.24, 2.45) is 0 Å². The molecule has 9 rings (SSSR count). The molecule has 0 amide bonds. The average Bonchev–Trinajstić information content (AvgIpc) is 3.69. The van der Waals surface area contributed by atoms with Crippen molar-refractivity contribution in [1.29, 1.82) is 0 Å². The Balaban J connectivity index is 1.07. The molecular weight excluding hydrogens is 721 g/mol. The Kier molecular flexibility index (Phi) is 9.87. The minimum atomic E-state index is 0.0490. The van der Waals surface area contributed by atoms with Gasteiger partial charge in [0.15, 0.2) is 0 Å². The van der Waals surface area contributed by atoms with E-state index in [0.717, 1.165) is 60.2 Å². The number of rotatable bonds is 8. The minimum Gasteiger partial charge on any atom is -0.496 e. The van der Waals surface area contributed by atoms with Gasteiger partial charge >= 0.3 is 0 Å². The van der Waals surface area contributed by atoms with Gasteiger partial charge in [0.25, 0.3) is 0 Å². The molecule has 0 saturated carbocycles. The van der Waals surface area contributed by atoms with Gasteiger partial charge < -0.3 is 9.47 Å². The van der Waals surface area contributed by atoms with Crippen LogP contribution in [0.2, 0.25) is 0 Å². The number of ether oxygens (including phenoxy) is 2. The molecule has 6 aromatic rings. The van der Waals surface area contributed by atoms with Crippen molar-refractivity contribution >= 4 is 23.5 Å². The second kappa shape index (κ2) is 14.8. The summed E-state index contributed by atoms with van der Waals surface area (Å²) in [5, 5.41) is 0. The lowest BCUT2D eigenvalue weighted by atomic mass is 9.73. The molecule has 0 N–H and O–H groups in total. The van der Waals surface area contributed by atoms with Crippen LogP contribution in [0.5, 0.6) is 11.5 Å². The predicted molar refractivity (Wildman–Crippen MR) is 240 cm³/mol. The van der Waals surface area contributed by atoms with Crippen molar-refractivity contribution in [3.05, 3.63) is 154 Å². The molecule has 284 valence electrons. The number of hydrogen-bond acceptors (Lipinski definition) is 4. The fourth-order valence-corrected chi connectivity index (χ4v) is 12.6. The summed E-state index contributed by atoms with van der Waals surface area (Å²) in [5.41, 5.74) is 21.8. The third-order valence-corrected chi connectivity index (χ3v) is 15.6. The van der Waals surface area contributed by atoms with Gasteiger partial charge in [0.1, 0.15) is 11.5 Å². The van der Waals surface area contributed by atoms with Crippen molar-refractivity contribution in [3.8, 4) is 56.0 Å². The monoisotopic (exact) mass is 772 g/mol. The van der Waals surface area contributed by atoms with Crippen LogP contribution in [-0.2, 0) is 33.8 Å². The molecule has 3 aliphatic rings. The quantitative estimate of drug-likeness (QED) is 0.153. The van der Waals surface area contributed by atoms with Gasteiger partial charge in [-0.1, -0.05) is 100 Å². The van der Waals surface area contributed by atoms with Crippen LogP contribution >= 0.6 is 23.5 Å². The predicted octanol–water partition coefficient (Wildman–Crippen LogP) is 14.4. The fraction of sp³-hybridized carbons (Fsp3) is 0.308. The molecule has 6 aromatic carbocycles. The van der Waals surface area contributed by atoms with Crippen LogP contribution in [0, 0.1) is 0 Å². The topological polar surface area (TPSA) is 18.5 Å². The molecule has 0 spiro atoms. The van der Waals surface area contributed by atoms with Gasteiger partial charge in [-0.15, -0.1) is 0 Å². The van der Waals surface area contributed by atoms with E-state index in [1.807, 2.05) is 37.7 Å². The summed E-state index contributed by atoms with van der Waals surface area (Å²) < 4.78 is 12.4. The van der Waals surface area contributed by atoms with Crippen molar-refractivity contribution in [2.45, 2.75) is 87.2 Å². The van der Waals surface area contributed by atoms with E-state index in [-0.39, 0.29) is 10.8 Å². The molecule has 0 fully saturated rings. The van der Waals surface area contributed by atoms with Crippen LogP contribution in [0.3, 0.4) is 0 Å². The fourth-order valence-electron chi connectivity index (χ4n) is 10.6. The molecule has 0 saturated heterocycles. The summed E-state index contributed by atoms with van der Waals surface area (Å²) in [6, 6.07) is 42.1. The van der Waals surface area contributed by atoms with Gasteiger partial charge in [-0.2, -0.15) is 23.5 Å².